The first-order valence-corrected chi connectivity index (χ1v) is 5.45. The zero-order valence-corrected chi connectivity index (χ0v) is 8.44. The molecule has 0 aromatic heterocycles. The Hall–Kier alpha value is 0.247. The molecule has 5 heteroatoms. The summed E-state index contributed by atoms with van der Waals surface area (Å²) >= 11 is 10.8. The molecule has 0 bridgehead atoms. The lowest BCUT2D eigenvalue weighted by atomic mass is 10.6. The minimum absolute atomic E-state index is 0.404. The van der Waals surface area contributed by atoms with Gasteiger partial charge < -0.3 is 4.43 Å². The topological polar surface area (TPSA) is 33.0 Å². The lowest BCUT2D eigenvalue weighted by Crippen LogP contribution is -2.05. The minimum atomic E-state index is -0.534. The first kappa shape index (κ1) is 10.2. The standard InChI is InChI=1S/C5H9Cl2NOSi/c6-5(7)4-9-10-3-1-2-8/h5H,1,3-4,10H2. The van der Waals surface area contributed by atoms with E-state index in [-0.39, 0.29) is 0 Å². The molecule has 0 aliphatic carbocycles. The fraction of sp³-hybridized carbons (Fsp3) is 0.800. The van der Waals surface area contributed by atoms with Crippen molar-refractivity contribution in [2.75, 3.05) is 6.61 Å². The van der Waals surface area contributed by atoms with Crippen LogP contribution in [0.5, 0.6) is 0 Å². The summed E-state index contributed by atoms with van der Waals surface area (Å²) in [4.78, 5) is -0.422. The maximum atomic E-state index is 8.14. The summed E-state index contributed by atoms with van der Waals surface area (Å²) in [6, 6.07) is 2.93. The molecule has 0 aliphatic heterocycles. The Kier molecular flexibility index (Phi) is 7.54. The van der Waals surface area contributed by atoms with E-state index in [2.05, 4.69) is 0 Å². The maximum absolute atomic E-state index is 8.14. The number of halogens is 2. The van der Waals surface area contributed by atoms with Gasteiger partial charge in [-0.3, -0.25) is 0 Å². The summed E-state index contributed by atoms with van der Waals surface area (Å²) in [5.74, 6) is 0. The number of nitriles is 1. The van der Waals surface area contributed by atoms with Gasteiger partial charge in [0.1, 0.15) is 4.84 Å². The molecule has 0 rings (SSSR count). The van der Waals surface area contributed by atoms with Crippen LogP contribution in [-0.4, -0.2) is 21.2 Å². The van der Waals surface area contributed by atoms with Crippen molar-refractivity contribution in [1.29, 1.82) is 5.26 Å². The molecule has 0 N–H and O–H groups in total. The van der Waals surface area contributed by atoms with Gasteiger partial charge in [0, 0.05) is 6.42 Å². The van der Waals surface area contributed by atoms with E-state index in [0.29, 0.717) is 13.0 Å². The fourth-order valence-electron chi connectivity index (χ4n) is 0.426. The molecule has 0 aromatic rings. The van der Waals surface area contributed by atoms with Crippen LogP contribution >= 0.6 is 23.2 Å². The monoisotopic (exact) mass is 197 g/mol. The van der Waals surface area contributed by atoms with Crippen LogP contribution in [0.2, 0.25) is 6.04 Å². The van der Waals surface area contributed by atoms with Gasteiger partial charge in [-0.05, 0) is 6.04 Å². The Labute approximate surface area is 73.0 Å². The Morgan fingerprint density at radius 2 is 2.30 bits per heavy atom. The third-order valence-corrected chi connectivity index (χ3v) is 2.24. The third-order valence-electron chi connectivity index (χ3n) is 0.821. The molecule has 58 valence electrons. The zero-order chi connectivity index (χ0) is 7.82. The second kappa shape index (κ2) is 7.36. The van der Waals surface area contributed by atoms with Crippen molar-refractivity contribution in [2.45, 2.75) is 17.3 Å². The second-order valence-corrected chi connectivity index (χ2v) is 4.53. The largest absolute Gasteiger partial charge is 0.421 e. The zero-order valence-electron chi connectivity index (χ0n) is 5.52. The van der Waals surface area contributed by atoms with E-state index in [1.165, 1.54) is 0 Å². The van der Waals surface area contributed by atoms with Crippen LogP contribution in [-0.2, 0) is 4.43 Å². The van der Waals surface area contributed by atoms with Gasteiger partial charge >= 0.3 is 0 Å². The van der Waals surface area contributed by atoms with E-state index in [9.17, 15) is 0 Å². The van der Waals surface area contributed by atoms with E-state index < -0.39 is 14.6 Å². The Morgan fingerprint density at radius 3 is 2.80 bits per heavy atom. The van der Waals surface area contributed by atoms with E-state index in [0.717, 1.165) is 6.04 Å². The first-order valence-electron chi connectivity index (χ1n) is 3.00. The Morgan fingerprint density at radius 1 is 1.60 bits per heavy atom. The van der Waals surface area contributed by atoms with Crippen LogP contribution in [0.15, 0.2) is 0 Å². The van der Waals surface area contributed by atoms with E-state index in [1.807, 2.05) is 6.07 Å². The molecule has 0 saturated carbocycles. The van der Waals surface area contributed by atoms with Gasteiger partial charge in [0.05, 0.1) is 12.7 Å². The van der Waals surface area contributed by atoms with Gasteiger partial charge in [-0.2, -0.15) is 5.26 Å². The summed E-state index contributed by atoms with van der Waals surface area (Å²) in [5, 5.41) is 8.14. The normalized spacial score (nSPS) is 11.0. The van der Waals surface area contributed by atoms with Crippen LogP contribution in [0.25, 0.3) is 0 Å². The maximum Gasteiger partial charge on any atom is 0.162 e. The van der Waals surface area contributed by atoms with Crippen LogP contribution in [0, 0.1) is 11.3 Å². The minimum Gasteiger partial charge on any atom is -0.421 e. The number of alkyl halides is 2. The molecule has 0 aliphatic rings. The van der Waals surface area contributed by atoms with E-state index in [1.54, 1.807) is 0 Å². The smallest absolute Gasteiger partial charge is 0.162 e. The summed E-state index contributed by atoms with van der Waals surface area (Å²) in [5.41, 5.74) is 0. The van der Waals surface area contributed by atoms with Crippen LogP contribution in [0.4, 0.5) is 0 Å². The molecule has 0 amide bonds. The molecule has 0 fully saturated rings. The van der Waals surface area contributed by atoms with Crippen LogP contribution in [0.1, 0.15) is 6.42 Å². The van der Waals surface area contributed by atoms with Gasteiger partial charge in [-0.1, -0.05) is 0 Å². The SMILES string of the molecule is N#CCC[SiH2]OCC(Cl)Cl. The van der Waals surface area contributed by atoms with Gasteiger partial charge in [-0.15, -0.1) is 23.2 Å². The van der Waals surface area contributed by atoms with Gasteiger partial charge in [0.15, 0.2) is 9.76 Å². The predicted molar refractivity (Wildman–Crippen MR) is 45.0 cm³/mol. The average Bonchev–Trinajstić information content (AvgIpc) is 1.87. The summed E-state index contributed by atoms with van der Waals surface area (Å²) in [7, 11) is -0.534. The van der Waals surface area contributed by atoms with Gasteiger partial charge in [0.25, 0.3) is 0 Å². The molecule has 0 unspecified atom stereocenters. The van der Waals surface area contributed by atoms with Gasteiger partial charge in [-0.25, -0.2) is 0 Å². The highest BCUT2D eigenvalue weighted by molar-refractivity contribution is 6.44. The van der Waals surface area contributed by atoms with E-state index in [4.69, 9.17) is 32.9 Å². The van der Waals surface area contributed by atoms with Crippen LogP contribution < -0.4 is 0 Å². The lowest BCUT2D eigenvalue weighted by molar-refractivity contribution is 0.354. The summed E-state index contributed by atoms with van der Waals surface area (Å²) in [6.45, 7) is 0.404. The summed E-state index contributed by atoms with van der Waals surface area (Å²) in [6.07, 6.45) is 0.585. The molecule has 0 spiro atoms. The van der Waals surface area contributed by atoms with Crippen molar-refractivity contribution in [3.05, 3.63) is 0 Å². The van der Waals surface area contributed by atoms with Crippen LogP contribution in [0.3, 0.4) is 0 Å². The number of rotatable bonds is 5. The highest BCUT2D eigenvalue weighted by Crippen LogP contribution is 2.01. The van der Waals surface area contributed by atoms with Crippen molar-refractivity contribution in [1.82, 2.24) is 0 Å². The van der Waals surface area contributed by atoms with E-state index >= 15 is 0 Å². The van der Waals surface area contributed by atoms with Gasteiger partial charge in [0.2, 0.25) is 0 Å². The van der Waals surface area contributed by atoms with Crippen molar-refractivity contribution in [2.24, 2.45) is 0 Å². The predicted octanol–water partition coefficient (Wildman–Crippen LogP) is 1.22. The van der Waals surface area contributed by atoms with Crippen molar-refractivity contribution in [3.8, 4) is 6.07 Å². The molecular weight excluding hydrogens is 189 g/mol. The third kappa shape index (κ3) is 8.25. The molecule has 0 radical (unpaired) electrons. The first-order chi connectivity index (χ1) is 4.77. The molecule has 10 heavy (non-hydrogen) atoms. The number of hydrogen-bond acceptors (Lipinski definition) is 2. The average molecular weight is 198 g/mol. The number of nitrogens with zero attached hydrogens (tertiary/aromatic N) is 1. The second-order valence-electron chi connectivity index (χ2n) is 1.73. The fourth-order valence-corrected chi connectivity index (χ4v) is 1.81. The summed E-state index contributed by atoms with van der Waals surface area (Å²) < 4.78 is 5.12. The molecular formula is C5H9Cl2NOSi. The highest BCUT2D eigenvalue weighted by atomic mass is 35.5. The molecule has 2 nitrogen and oxygen atoms in total. The quantitative estimate of drug-likeness (QED) is 0.378. The Balaban J connectivity index is 2.86. The Bertz CT molecular complexity index is 115. The number of hydrogen-bond donors (Lipinski definition) is 0. The molecule has 0 aromatic carbocycles. The molecule has 0 heterocycles. The van der Waals surface area contributed by atoms with Crippen molar-refractivity contribution in [3.63, 3.8) is 0 Å². The molecule has 0 atom stereocenters. The van der Waals surface area contributed by atoms with Crippen molar-refractivity contribution >= 4 is 33.0 Å². The lowest BCUT2D eigenvalue weighted by Gasteiger charge is -2.00. The molecule has 0 saturated heterocycles. The van der Waals surface area contributed by atoms with Crippen molar-refractivity contribution < 1.29 is 4.43 Å². The highest BCUT2D eigenvalue weighted by Gasteiger charge is 1.96.